The summed E-state index contributed by atoms with van der Waals surface area (Å²) in [7, 11) is -3.43. The molecule has 1 heterocycles. The minimum Gasteiger partial charge on any atom is -0.330 e. The quantitative estimate of drug-likeness (QED) is 0.825. The van der Waals surface area contributed by atoms with Gasteiger partial charge in [-0.2, -0.15) is 0 Å². The van der Waals surface area contributed by atoms with Gasteiger partial charge >= 0.3 is 0 Å². The van der Waals surface area contributed by atoms with Gasteiger partial charge in [0.1, 0.15) is 4.90 Å². The highest BCUT2D eigenvalue weighted by molar-refractivity contribution is 7.89. The lowest BCUT2D eigenvalue weighted by atomic mass is 9.97. The van der Waals surface area contributed by atoms with Gasteiger partial charge in [-0.3, -0.25) is 4.98 Å². The molecule has 100 valence electrons. The van der Waals surface area contributed by atoms with E-state index in [4.69, 9.17) is 5.73 Å². The van der Waals surface area contributed by atoms with E-state index in [1.165, 1.54) is 6.20 Å². The molecule has 0 bridgehead atoms. The van der Waals surface area contributed by atoms with E-state index in [-0.39, 0.29) is 4.90 Å². The Bertz CT molecular complexity index is 475. The lowest BCUT2D eigenvalue weighted by Gasteiger charge is -2.18. The fraction of sp³-hybridized carbons (Fsp3) is 0.583. The normalized spacial score (nSPS) is 24.3. The summed E-state index contributed by atoms with van der Waals surface area (Å²) in [4.78, 5) is 4.04. The fourth-order valence-corrected chi connectivity index (χ4v) is 3.56. The molecule has 1 aromatic rings. The van der Waals surface area contributed by atoms with Crippen molar-refractivity contribution in [1.82, 2.24) is 9.71 Å². The van der Waals surface area contributed by atoms with Gasteiger partial charge in [0.15, 0.2) is 0 Å². The maximum atomic E-state index is 12.0. The Kier molecular flexibility index (Phi) is 4.31. The summed E-state index contributed by atoms with van der Waals surface area (Å²) in [6.45, 7) is 1.11. The summed E-state index contributed by atoms with van der Waals surface area (Å²) in [6, 6.07) is 3.16. The molecule has 1 fully saturated rings. The van der Waals surface area contributed by atoms with Crippen LogP contribution in [0.2, 0.25) is 0 Å². The number of nitrogens with one attached hydrogen (secondary N) is 1. The Morgan fingerprint density at radius 1 is 1.39 bits per heavy atom. The van der Waals surface area contributed by atoms with Crippen LogP contribution in [-0.4, -0.2) is 26.5 Å². The molecule has 18 heavy (non-hydrogen) atoms. The predicted octanol–water partition coefficient (Wildman–Crippen LogP) is 0.735. The van der Waals surface area contributed by atoms with Gasteiger partial charge in [-0.15, -0.1) is 0 Å². The van der Waals surface area contributed by atoms with Crippen molar-refractivity contribution in [3.8, 4) is 0 Å². The summed E-state index contributed by atoms with van der Waals surface area (Å²) in [5.41, 5.74) is 5.69. The second-order valence-electron chi connectivity index (χ2n) is 4.73. The predicted molar refractivity (Wildman–Crippen MR) is 69.3 cm³/mol. The van der Waals surface area contributed by atoms with E-state index in [0.717, 1.165) is 19.3 Å². The topological polar surface area (TPSA) is 85.1 Å². The van der Waals surface area contributed by atoms with Gasteiger partial charge in [0, 0.05) is 18.9 Å². The Labute approximate surface area is 108 Å². The number of nitrogens with two attached hydrogens (primary N) is 1. The Morgan fingerprint density at radius 3 is 2.83 bits per heavy atom. The highest BCUT2D eigenvalue weighted by atomic mass is 32.2. The average Bonchev–Trinajstić information content (AvgIpc) is 2.85. The van der Waals surface area contributed by atoms with Crippen molar-refractivity contribution >= 4 is 10.0 Å². The van der Waals surface area contributed by atoms with E-state index in [9.17, 15) is 8.42 Å². The third kappa shape index (κ3) is 3.07. The van der Waals surface area contributed by atoms with E-state index < -0.39 is 10.0 Å². The zero-order chi connectivity index (χ0) is 13.0. The molecule has 1 aromatic heterocycles. The first-order valence-corrected chi connectivity index (χ1v) is 7.71. The molecule has 6 heteroatoms. The van der Waals surface area contributed by atoms with E-state index in [1.807, 2.05) is 0 Å². The van der Waals surface area contributed by atoms with E-state index in [2.05, 4.69) is 9.71 Å². The Hall–Kier alpha value is -0.980. The minimum atomic E-state index is -3.43. The van der Waals surface area contributed by atoms with Crippen molar-refractivity contribution < 1.29 is 8.42 Å². The van der Waals surface area contributed by atoms with Gasteiger partial charge < -0.3 is 5.73 Å². The molecule has 0 spiro atoms. The van der Waals surface area contributed by atoms with Crippen molar-refractivity contribution in [2.24, 2.45) is 17.6 Å². The second-order valence-corrected chi connectivity index (χ2v) is 6.49. The molecular weight excluding hydrogens is 250 g/mol. The number of nitrogens with zero attached hydrogens (tertiary/aromatic N) is 1. The maximum absolute atomic E-state index is 12.0. The first-order valence-electron chi connectivity index (χ1n) is 6.23. The first-order chi connectivity index (χ1) is 8.63. The molecule has 3 N–H and O–H groups in total. The van der Waals surface area contributed by atoms with Crippen LogP contribution in [0.1, 0.15) is 19.3 Å². The van der Waals surface area contributed by atoms with E-state index in [0.29, 0.717) is 24.9 Å². The summed E-state index contributed by atoms with van der Waals surface area (Å²) >= 11 is 0. The van der Waals surface area contributed by atoms with Crippen molar-refractivity contribution in [3.63, 3.8) is 0 Å². The summed E-state index contributed by atoms with van der Waals surface area (Å²) in [5.74, 6) is 0.808. The van der Waals surface area contributed by atoms with E-state index in [1.54, 1.807) is 18.3 Å². The van der Waals surface area contributed by atoms with Crippen LogP contribution in [0.5, 0.6) is 0 Å². The zero-order valence-electron chi connectivity index (χ0n) is 10.2. The third-order valence-corrected chi connectivity index (χ3v) is 5.01. The highest BCUT2D eigenvalue weighted by Crippen LogP contribution is 2.30. The van der Waals surface area contributed by atoms with Crippen molar-refractivity contribution in [1.29, 1.82) is 0 Å². The molecule has 0 saturated heterocycles. The molecule has 2 atom stereocenters. The molecule has 0 radical (unpaired) electrons. The average molecular weight is 269 g/mol. The number of pyridine rings is 1. The van der Waals surface area contributed by atoms with Crippen LogP contribution in [-0.2, 0) is 10.0 Å². The highest BCUT2D eigenvalue weighted by Gasteiger charge is 2.27. The van der Waals surface area contributed by atoms with Crippen LogP contribution in [0, 0.1) is 11.8 Å². The summed E-state index contributed by atoms with van der Waals surface area (Å²) < 4.78 is 26.7. The molecule has 5 nitrogen and oxygen atoms in total. The lowest BCUT2D eigenvalue weighted by Crippen LogP contribution is -2.32. The molecular formula is C12H19N3O2S. The summed E-state index contributed by atoms with van der Waals surface area (Å²) in [5, 5.41) is 0. The largest absolute Gasteiger partial charge is 0.330 e. The van der Waals surface area contributed by atoms with Gasteiger partial charge in [0.2, 0.25) is 10.0 Å². The molecule has 1 aliphatic carbocycles. The molecule has 0 aliphatic heterocycles. The van der Waals surface area contributed by atoms with Crippen LogP contribution in [0.25, 0.3) is 0 Å². The number of hydrogen-bond donors (Lipinski definition) is 2. The smallest absolute Gasteiger partial charge is 0.242 e. The third-order valence-electron chi connectivity index (χ3n) is 3.60. The molecule has 0 aromatic carbocycles. The van der Waals surface area contributed by atoms with Crippen LogP contribution in [0.4, 0.5) is 0 Å². The maximum Gasteiger partial charge on any atom is 0.242 e. The zero-order valence-corrected chi connectivity index (χ0v) is 11.1. The SMILES string of the molecule is NCC1CCCC1CNS(=O)(=O)c1cccnc1. The second kappa shape index (κ2) is 5.77. The van der Waals surface area contributed by atoms with Crippen LogP contribution in [0.15, 0.2) is 29.4 Å². The van der Waals surface area contributed by atoms with Gasteiger partial charge in [0.25, 0.3) is 0 Å². The molecule has 1 saturated carbocycles. The van der Waals surface area contributed by atoms with E-state index >= 15 is 0 Å². The number of aromatic nitrogens is 1. The monoisotopic (exact) mass is 269 g/mol. The molecule has 1 aliphatic rings. The molecule has 0 amide bonds. The van der Waals surface area contributed by atoms with Crippen LogP contribution >= 0.6 is 0 Å². The number of rotatable bonds is 5. The van der Waals surface area contributed by atoms with Crippen LogP contribution < -0.4 is 10.5 Å². The Balaban J connectivity index is 1.98. The van der Waals surface area contributed by atoms with Gasteiger partial charge in [-0.25, -0.2) is 13.1 Å². The number of hydrogen-bond acceptors (Lipinski definition) is 4. The Morgan fingerprint density at radius 2 is 2.17 bits per heavy atom. The number of sulfonamides is 1. The first kappa shape index (κ1) is 13.5. The lowest BCUT2D eigenvalue weighted by molar-refractivity contribution is 0.393. The summed E-state index contributed by atoms with van der Waals surface area (Å²) in [6.07, 6.45) is 6.21. The van der Waals surface area contributed by atoms with Gasteiger partial charge in [-0.05, 0) is 43.4 Å². The fourth-order valence-electron chi connectivity index (χ4n) is 2.50. The van der Waals surface area contributed by atoms with Crippen molar-refractivity contribution in [2.75, 3.05) is 13.1 Å². The molecule has 2 rings (SSSR count). The van der Waals surface area contributed by atoms with Gasteiger partial charge in [0.05, 0.1) is 0 Å². The standard InChI is InChI=1S/C12H19N3O2S/c13-7-10-3-1-4-11(10)8-15-18(16,17)12-5-2-6-14-9-12/h2,5-6,9-11,15H,1,3-4,7-8,13H2. The van der Waals surface area contributed by atoms with Crippen molar-refractivity contribution in [3.05, 3.63) is 24.5 Å². The van der Waals surface area contributed by atoms with Crippen molar-refractivity contribution in [2.45, 2.75) is 24.2 Å². The minimum absolute atomic E-state index is 0.215. The van der Waals surface area contributed by atoms with Crippen LogP contribution in [0.3, 0.4) is 0 Å². The molecule has 2 unspecified atom stereocenters. The van der Waals surface area contributed by atoms with Gasteiger partial charge in [-0.1, -0.05) is 6.42 Å².